The highest BCUT2D eigenvalue weighted by Crippen LogP contribution is 2.40. The molecule has 2 fully saturated rings. The van der Waals surface area contributed by atoms with Crippen LogP contribution < -0.4 is 10.4 Å². The Bertz CT molecular complexity index is 1380. The predicted molar refractivity (Wildman–Crippen MR) is 144 cm³/mol. The summed E-state index contributed by atoms with van der Waals surface area (Å²) in [5, 5.41) is 11.8. The molecule has 1 amide bonds. The second kappa shape index (κ2) is 10.3. The van der Waals surface area contributed by atoms with Crippen molar-refractivity contribution >= 4 is 16.9 Å². The van der Waals surface area contributed by atoms with Gasteiger partial charge in [0.2, 0.25) is 5.91 Å². The van der Waals surface area contributed by atoms with Gasteiger partial charge in [0, 0.05) is 42.4 Å². The van der Waals surface area contributed by atoms with E-state index in [1.54, 1.807) is 6.07 Å². The van der Waals surface area contributed by atoms with Crippen molar-refractivity contribution in [3.8, 4) is 5.75 Å². The molecule has 2 heterocycles. The van der Waals surface area contributed by atoms with E-state index in [9.17, 15) is 14.7 Å². The van der Waals surface area contributed by atoms with Gasteiger partial charge in [-0.2, -0.15) is 0 Å². The summed E-state index contributed by atoms with van der Waals surface area (Å²) < 4.78 is 11.7. The maximum atomic E-state index is 13.0. The molecule has 196 valence electrons. The molecule has 2 aromatic carbocycles. The van der Waals surface area contributed by atoms with Crippen LogP contribution in [0.2, 0.25) is 0 Å². The van der Waals surface area contributed by atoms with Crippen LogP contribution in [-0.4, -0.2) is 34.6 Å². The van der Waals surface area contributed by atoms with Gasteiger partial charge < -0.3 is 19.2 Å². The van der Waals surface area contributed by atoms with Crippen LogP contribution in [0, 0.1) is 26.7 Å². The van der Waals surface area contributed by atoms with Crippen LogP contribution in [0.15, 0.2) is 45.6 Å². The van der Waals surface area contributed by atoms with E-state index in [1.165, 1.54) is 11.1 Å². The van der Waals surface area contributed by atoms with Crippen molar-refractivity contribution in [3.05, 3.63) is 74.6 Å². The zero-order chi connectivity index (χ0) is 26.2. The van der Waals surface area contributed by atoms with Crippen LogP contribution in [0.25, 0.3) is 11.0 Å². The van der Waals surface area contributed by atoms with Crippen LogP contribution in [0.3, 0.4) is 0 Å². The number of aliphatic hydroxyl groups is 1. The summed E-state index contributed by atoms with van der Waals surface area (Å²) in [5.74, 6) is 0.853. The molecule has 0 spiro atoms. The largest absolute Gasteiger partial charge is 0.489 e. The fourth-order valence-electron chi connectivity index (χ4n) is 6.06. The first-order chi connectivity index (χ1) is 17.7. The maximum Gasteiger partial charge on any atom is 0.339 e. The van der Waals surface area contributed by atoms with Crippen molar-refractivity contribution in [2.24, 2.45) is 5.92 Å². The predicted octanol–water partition coefficient (Wildman–Crippen LogP) is 5.38. The topological polar surface area (TPSA) is 80.0 Å². The molecular weight excluding hydrogens is 466 g/mol. The first kappa shape index (κ1) is 25.5. The van der Waals surface area contributed by atoms with E-state index in [2.05, 4.69) is 32.0 Å². The van der Waals surface area contributed by atoms with Gasteiger partial charge in [-0.1, -0.05) is 36.6 Å². The summed E-state index contributed by atoms with van der Waals surface area (Å²) in [7, 11) is 0. The lowest BCUT2D eigenvalue weighted by Crippen LogP contribution is -2.54. The minimum absolute atomic E-state index is 0.0433. The fourth-order valence-corrected chi connectivity index (χ4v) is 6.06. The SMILES string of the molecule is Cc1ccc(C)c(COc2ccc3c(C)c(CCC(=O)N4CC[C@@]5(O)CCCC[C@@H]5C4)c(=O)oc3c2)c1. The fraction of sp³-hybridized carbons (Fsp3) is 0.484. The minimum Gasteiger partial charge on any atom is -0.489 e. The number of ether oxygens (including phenoxy) is 1. The average molecular weight is 504 g/mol. The highest BCUT2D eigenvalue weighted by atomic mass is 16.5. The molecule has 0 bridgehead atoms. The highest BCUT2D eigenvalue weighted by molar-refractivity contribution is 5.83. The van der Waals surface area contributed by atoms with Gasteiger partial charge >= 0.3 is 5.63 Å². The smallest absolute Gasteiger partial charge is 0.339 e. The van der Waals surface area contributed by atoms with E-state index < -0.39 is 11.2 Å². The molecule has 2 atom stereocenters. The van der Waals surface area contributed by atoms with Gasteiger partial charge in [-0.3, -0.25) is 4.79 Å². The Morgan fingerprint density at radius 3 is 2.81 bits per heavy atom. The Morgan fingerprint density at radius 1 is 1.14 bits per heavy atom. The number of hydrogen-bond donors (Lipinski definition) is 1. The summed E-state index contributed by atoms with van der Waals surface area (Å²) in [6.07, 6.45) is 5.26. The number of hydrogen-bond acceptors (Lipinski definition) is 5. The Hall–Kier alpha value is -3.12. The van der Waals surface area contributed by atoms with Crippen LogP contribution in [0.1, 0.15) is 66.3 Å². The van der Waals surface area contributed by atoms with Crippen molar-refractivity contribution < 1.29 is 19.1 Å². The third-order valence-electron chi connectivity index (χ3n) is 8.53. The Kier molecular flexibility index (Phi) is 7.13. The summed E-state index contributed by atoms with van der Waals surface area (Å²) in [6.45, 7) is 7.68. The Morgan fingerprint density at radius 2 is 1.97 bits per heavy atom. The number of aryl methyl sites for hydroxylation is 3. The second-order valence-electron chi connectivity index (χ2n) is 11.0. The van der Waals surface area contributed by atoms with Crippen LogP contribution in [0.4, 0.5) is 0 Å². The quantitative estimate of drug-likeness (QED) is 0.457. The molecule has 0 unspecified atom stereocenters. The lowest BCUT2D eigenvalue weighted by Gasteiger charge is -2.47. The lowest BCUT2D eigenvalue weighted by atomic mass is 9.71. The second-order valence-corrected chi connectivity index (χ2v) is 11.0. The van der Waals surface area contributed by atoms with Crippen LogP contribution in [-0.2, 0) is 17.8 Å². The third-order valence-corrected chi connectivity index (χ3v) is 8.53. The molecule has 2 aliphatic rings. The number of carbonyl (C=O) groups is 1. The first-order valence-electron chi connectivity index (χ1n) is 13.5. The Labute approximate surface area is 218 Å². The van der Waals surface area contributed by atoms with Crippen LogP contribution >= 0.6 is 0 Å². The molecule has 6 nitrogen and oxygen atoms in total. The van der Waals surface area contributed by atoms with Gasteiger partial charge in [0.15, 0.2) is 0 Å². The third kappa shape index (κ3) is 5.30. The van der Waals surface area contributed by atoms with E-state index in [0.29, 0.717) is 49.4 Å². The van der Waals surface area contributed by atoms with Crippen molar-refractivity contribution in [1.82, 2.24) is 4.90 Å². The molecule has 6 heteroatoms. The number of carbonyl (C=O) groups excluding carboxylic acids is 1. The normalized spacial score (nSPS) is 21.6. The molecule has 1 N–H and O–H groups in total. The van der Waals surface area contributed by atoms with Gasteiger partial charge in [-0.25, -0.2) is 4.79 Å². The van der Waals surface area contributed by atoms with Gasteiger partial charge in [-0.15, -0.1) is 0 Å². The molecule has 3 aromatic rings. The molecular formula is C31H37NO5. The number of rotatable bonds is 6. The number of benzene rings is 2. The Balaban J connectivity index is 1.26. The summed E-state index contributed by atoms with van der Waals surface area (Å²) in [6, 6.07) is 11.9. The van der Waals surface area contributed by atoms with Crippen LogP contribution in [0.5, 0.6) is 5.75 Å². The molecule has 0 radical (unpaired) electrons. The molecule has 1 saturated heterocycles. The highest BCUT2D eigenvalue weighted by Gasteiger charge is 2.43. The number of likely N-dealkylation sites (tertiary alicyclic amines) is 1. The van der Waals surface area contributed by atoms with Gasteiger partial charge in [-0.05, 0) is 75.3 Å². The van der Waals surface area contributed by atoms with Crippen molar-refractivity contribution in [3.63, 3.8) is 0 Å². The molecule has 1 aliphatic carbocycles. The molecule has 5 rings (SSSR count). The standard InChI is InChI=1S/C31H37NO5/c1-20-7-8-21(2)23(16-20)19-36-25-9-10-26-22(3)27(30(34)37-28(26)17-25)11-12-29(33)32-15-14-31(35)13-5-4-6-24(31)18-32/h7-10,16-17,24,35H,4-6,11-15,18-19H2,1-3H3/t24-,31+/m1/s1. The van der Waals surface area contributed by atoms with Gasteiger partial charge in [0.1, 0.15) is 17.9 Å². The molecule has 37 heavy (non-hydrogen) atoms. The average Bonchev–Trinajstić information content (AvgIpc) is 2.88. The van der Waals surface area contributed by atoms with Gasteiger partial charge in [0.05, 0.1) is 5.60 Å². The molecule has 1 aromatic heterocycles. The monoisotopic (exact) mass is 503 g/mol. The molecule has 1 aliphatic heterocycles. The van der Waals surface area contributed by atoms with Crippen molar-refractivity contribution in [1.29, 1.82) is 0 Å². The first-order valence-corrected chi connectivity index (χ1v) is 13.5. The zero-order valence-corrected chi connectivity index (χ0v) is 22.1. The number of fused-ring (bicyclic) bond motifs is 2. The van der Waals surface area contributed by atoms with E-state index in [1.807, 2.05) is 24.0 Å². The van der Waals surface area contributed by atoms with E-state index in [4.69, 9.17) is 9.15 Å². The number of amides is 1. The van der Waals surface area contributed by atoms with Crippen molar-refractivity contribution in [2.45, 2.75) is 77.9 Å². The zero-order valence-electron chi connectivity index (χ0n) is 22.1. The summed E-state index contributed by atoms with van der Waals surface area (Å²) in [5.41, 5.74) is 4.37. The lowest BCUT2D eigenvalue weighted by molar-refractivity contribution is -0.143. The number of nitrogens with zero attached hydrogens (tertiary/aromatic N) is 1. The van der Waals surface area contributed by atoms with Crippen molar-refractivity contribution in [2.75, 3.05) is 13.1 Å². The summed E-state index contributed by atoms with van der Waals surface area (Å²) >= 11 is 0. The van der Waals surface area contributed by atoms with E-state index in [0.717, 1.165) is 42.2 Å². The summed E-state index contributed by atoms with van der Waals surface area (Å²) in [4.78, 5) is 27.8. The maximum absolute atomic E-state index is 13.0. The van der Waals surface area contributed by atoms with E-state index in [-0.39, 0.29) is 18.2 Å². The number of piperidine rings is 1. The van der Waals surface area contributed by atoms with Gasteiger partial charge in [0.25, 0.3) is 0 Å². The van der Waals surface area contributed by atoms with E-state index >= 15 is 0 Å². The molecule has 1 saturated carbocycles. The minimum atomic E-state index is -0.605.